The zero-order valence-corrected chi connectivity index (χ0v) is 12.6. The monoisotopic (exact) mass is 338 g/mol. The third-order valence-electron chi connectivity index (χ3n) is 3.38. The fourth-order valence-corrected chi connectivity index (χ4v) is 2.17. The molecule has 0 atom stereocenters. The van der Waals surface area contributed by atoms with E-state index >= 15 is 0 Å². The fraction of sp³-hybridized carbons (Fsp3) is 0. The summed E-state index contributed by atoms with van der Waals surface area (Å²) in [5.41, 5.74) is 0.898. The molecular weight excluding hydrogens is 327 g/mol. The van der Waals surface area contributed by atoms with Gasteiger partial charge in [0, 0.05) is 17.5 Å². The molecule has 25 heavy (non-hydrogen) atoms. The molecule has 1 aromatic heterocycles. The van der Waals surface area contributed by atoms with Gasteiger partial charge in [-0.15, -0.1) is 0 Å². The van der Waals surface area contributed by atoms with Crippen molar-refractivity contribution in [3.05, 3.63) is 59.8 Å². The number of nitriles is 1. The first-order valence-electron chi connectivity index (χ1n) is 7.02. The highest BCUT2D eigenvalue weighted by Crippen LogP contribution is 2.35. The van der Waals surface area contributed by atoms with Gasteiger partial charge in [0.05, 0.1) is 0 Å². The minimum Gasteiger partial charge on any atom is -0.504 e. The van der Waals surface area contributed by atoms with E-state index in [0.717, 1.165) is 0 Å². The van der Waals surface area contributed by atoms with Crippen molar-refractivity contribution in [1.29, 1.82) is 5.26 Å². The molecule has 0 saturated carbocycles. The number of nitrogens with zero attached hydrogens (tertiary/aromatic N) is 4. The van der Waals surface area contributed by atoms with E-state index in [4.69, 9.17) is 0 Å². The third kappa shape index (κ3) is 3.11. The summed E-state index contributed by atoms with van der Waals surface area (Å²) in [6, 6.07) is 9.86. The number of aromatic hydroxyl groups is 3. The largest absolute Gasteiger partial charge is 0.504 e. The molecule has 3 rings (SSSR count). The van der Waals surface area contributed by atoms with Gasteiger partial charge in [0.25, 0.3) is 0 Å². The molecule has 0 aliphatic rings. The van der Waals surface area contributed by atoms with Gasteiger partial charge in [-0.05, 0) is 36.4 Å². The molecule has 124 valence electrons. The second-order valence-electron chi connectivity index (χ2n) is 5.04. The smallest absolute Gasteiger partial charge is 0.200 e. The normalized spacial score (nSPS) is 10.9. The molecule has 0 saturated heterocycles. The van der Waals surface area contributed by atoms with Crippen LogP contribution in [0.2, 0.25) is 0 Å². The van der Waals surface area contributed by atoms with Crippen molar-refractivity contribution in [1.82, 2.24) is 9.55 Å². The van der Waals surface area contributed by atoms with E-state index in [-0.39, 0.29) is 11.5 Å². The minimum atomic E-state index is -0.633. The molecule has 0 spiro atoms. The Labute approximate surface area is 141 Å². The van der Waals surface area contributed by atoms with E-state index in [1.165, 1.54) is 53.5 Å². The van der Waals surface area contributed by atoms with Crippen molar-refractivity contribution in [3.8, 4) is 29.0 Å². The molecule has 0 aliphatic carbocycles. The van der Waals surface area contributed by atoms with Crippen LogP contribution in [0.3, 0.4) is 0 Å². The maximum atomic E-state index is 13.1. The van der Waals surface area contributed by atoms with Crippen LogP contribution in [0, 0.1) is 17.1 Å². The number of hydrogen-bond donors (Lipinski definition) is 3. The zero-order chi connectivity index (χ0) is 18.0. The van der Waals surface area contributed by atoms with Crippen molar-refractivity contribution in [3.63, 3.8) is 0 Å². The van der Waals surface area contributed by atoms with Crippen LogP contribution in [0.15, 0.2) is 47.7 Å². The van der Waals surface area contributed by atoms with E-state index in [1.54, 1.807) is 0 Å². The predicted molar refractivity (Wildman–Crippen MR) is 86.9 cm³/mol. The first kappa shape index (κ1) is 16.0. The Morgan fingerprint density at radius 3 is 2.36 bits per heavy atom. The maximum absolute atomic E-state index is 13.1. The Hall–Kier alpha value is -3.86. The summed E-state index contributed by atoms with van der Waals surface area (Å²) in [7, 11) is 0. The maximum Gasteiger partial charge on any atom is 0.200 e. The molecule has 0 amide bonds. The highest BCUT2D eigenvalue weighted by Gasteiger charge is 2.12. The summed E-state index contributed by atoms with van der Waals surface area (Å²) in [6.45, 7) is 0. The number of halogens is 1. The van der Waals surface area contributed by atoms with Crippen LogP contribution >= 0.6 is 0 Å². The van der Waals surface area contributed by atoms with Gasteiger partial charge < -0.3 is 15.3 Å². The van der Waals surface area contributed by atoms with E-state index in [2.05, 4.69) is 9.98 Å². The highest BCUT2D eigenvalue weighted by atomic mass is 19.1. The second-order valence-corrected chi connectivity index (χ2v) is 5.04. The summed E-state index contributed by atoms with van der Waals surface area (Å²) >= 11 is 0. The standard InChI is InChI=1S/C17H11FN4O3/c18-11-1-3-12(4-2-11)22-9-21-13(7-19)17(22)20-8-10-5-14(23)16(25)15(24)6-10/h1-6,8-9,23-25H/b20-8+. The molecule has 7 nitrogen and oxygen atoms in total. The van der Waals surface area contributed by atoms with E-state index in [0.29, 0.717) is 11.3 Å². The molecule has 1 heterocycles. The Morgan fingerprint density at radius 1 is 1.12 bits per heavy atom. The summed E-state index contributed by atoms with van der Waals surface area (Å²) in [5.74, 6) is -1.85. The topological polar surface area (TPSA) is 115 Å². The molecular formula is C17H11FN4O3. The van der Waals surface area contributed by atoms with Gasteiger partial charge in [-0.3, -0.25) is 4.57 Å². The van der Waals surface area contributed by atoms with Crippen LogP contribution in [0.5, 0.6) is 17.2 Å². The number of imidazole rings is 1. The fourth-order valence-electron chi connectivity index (χ4n) is 2.17. The Bertz CT molecular complexity index is 981. The van der Waals surface area contributed by atoms with E-state index < -0.39 is 23.1 Å². The predicted octanol–water partition coefficient (Wildman–Crippen LogP) is 2.75. The van der Waals surface area contributed by atoms with Gasteiger partial charge in [0.1, 0.15) is 18.2 Å². The number of benzene rings is 2. The highest BCUT2D eigenvalue weighted by molar-refractivity contribution is 5.84. The molecule has 8 heteroatoms. The average Bonchev–Trinajstić information content (AvgIpc) is 3.01. The average molecular weight is 338 g/mol. The molecule has 3 aromatic rings. The lowest BCUT2D eigenvalue weighted by atomic mass is 10.2. The summed E-state index contributed by atoms with van der Waals surface area (Å²) in [5, 5.41) is 37.6. The van der Waals surface area contributed by atoms with Gasteiger partial charge in [-0.2, -0.15) is 5.26 Å². The Kier molecular flexibility index (Phi) is 4.05. The summed E-state index contributed by atoms with van der Waals surface area (Å²) < 4.78 is 14.6. The number of aliphatic imine (C=N–C) groups is 1. The van der Waals surface area contributed by atoms with Crippen LogP contribution in [-0.2, 0) is 0 Å². The van der Waals surface area contributed by atoms with Crippen LogP contribution in [-0.4, -0.2) is 31.1 Å². The first-order chi connectivity index (χ1) is 12.0. The molecule has 3 N–H and O–H groups in total. The molecule has 2 aromatic carbocycles. The lowest BCUT2D eigenvalue weighted by Crippen LogP contribution is -1.93. The number of rotatable bonds is 3. The van der Waals surface area contributed by atoms with Gasteiger partial charge in [0.2, 0.25) is 0 Å². The van der Waals surface area contributed by atoms with Crippen molar-refractivity contribution >= 4 is 12.0 Å². The Balaban J connectivity index is 2.04. The van der Waals surface area contributed by atoms with E-state index in [9.17, 15) is 25.0 Å². The van der Waals surface area contributed by atoms with Gasteiger partial charge in [0.15, 0.2) is 28.8 Å². The number of aromatic nitrogens is 2. The van der Waals surface area contributed by atoms with Gasteiger partial charge >= 0.3 is 0 Å². The summed E-state index contributed by atoms with van der Waals surface area (Å²) in [6.07, 6.45) is 2.67. The van der Waals surface area contributed by atoms with Crippen molar-refractivity contribution in [2.24, 2.45) is 4.99 Å². The molecule has 0 radical (unpaired) electrons. The van der Waals surface area contributed by atoms with Crippen LogP contribution in [0.1, 0.15) is 11.3 Å². The quantitative estimate of drug-likeness (QED) is 0.502. The number of hydrogen-bond acceptors (Lipinski definition) is 6. The molecule has 0 aliphatic heterocycles. The Morgan fingerprint density at radius 2 is 1.76 bits per heavy atom. The zero-order valence-electron chi connectivity index (χ0n) is 12.6. The third-order valence-corrected chi connectivity index (χ3v) is 3.38. The van der Waals surface area contributed by atoms with Crippen LogP contribution < -0.4 is 0 Å². The van der Waals surface area contributed by atoms with Gasteiger partial charge in [-0.1, -0.05) is 0 Å². The molecule has 0 bridgehead atoms. The van der Waals surface area contributed by atoms with Gasteiger partial charge in [-0.25, -0.2) is 14.4 Å². The SMILES string of the molecule is N#Cc1ncn(-c2ccc(F)cc2)c1/N=C/c1cc(O)c(O)c(O)c1. The minimum absolute atomic E-state index is 0.0489. The van der Waals surface area contributed by atoms with Crippen molar-refractivity contribution in [2.75, 3.05) is 0 Å². The lowest BCUT2D eigenvalue weighted by molar-refractivity contribution is 0.368. The van der Waals surface area contributed by atoms with Crippen molar-refractivity contribution in [2.45, 2.75) is 0 Å². The summed E-state index contributed by atoms with van der Waals surface area (Å²) in [4.78, 5) is 8.12. The lowest BCUT2D eigenvalue weighted by Gasteiger charge is -2.05. The van der Waals surface area contributed by atoms with Crippen LogP contribution in [0.4, 0.5) is 10.2 Å². The first-order valence-corrected chi connectivity index (χ1v) is 7.02. The molecule has 0 fully saturated rings. The number of phenolic OH excluding ortho intramolecular Hbond substituents is 3. The van der Waals surface area contributed by atoms with E-state index in [1.807, 2.05) is 6.07 Å². The second kappa shape index (κ2) is 6.33. The number of phenols is 3. The molecule has 0 unspecified atom stereocenters. The van der Waals surface area contributed by atoms with Crippen LogP contribution in [0.25, 0.3) is 5.69 Å². The van der Waals surface area contributed by atoms with Crippen molar-refractivity contribution < 1.29 is 19.7 Å².